The highest BCUT2D eigenvalue weighted by molar-refractivity contribution is 9.10. The number of carbonyl (C=O) groups is 2. The maximum absolute atomic E-state index is 12.9. The normalized spacial score (nSPS) is 14.4. The minimum absolute atomic E-state index is 0.0241. The van der Waals surface area contributed by atoms with Gasteiger partial charge in [0.1, 0.15) is 0 Å². The summed E-state index contributed by atoms with van der Waals surface area (Å²) in [5.41, 5.74) is 0.431. The van der Waals surface area contributed by atoms with Crippen LogP contribution in [0.25, 0.3) is 0 Å². The summed E-state index contributed by atoms with van der Waals surface area (Å²) < 4.78 is 16.5. The second-order valence-corrected chi connectivity index (χ2v) is 6.10. The first-order valence-corrected chi connectivity index (χ1v) is 8.27. The van der Waals surface area contributed by atoms with Gasteiger partial charge >= 0.3 is 0 Å². The van der Waals surface area contributed by atoms with Gasteiger partial charge in [0.25, 0.3) is 5.91 Å². The summed E-state index contributed by atoms with van der Waals surface area (Å²) in [7, 11) is 4.52. The summed E-state index contributed by atoms with van der Waals surface area (Å²) in [4.78, 5) is 27.7. The van der Waals surface area contributed by atoms with Crippen molar-refractivity contribution in [2.24, 2.45) is 0 Å². The molecular formula is C16H21BrN2O5. The molecule has 1 aromatic carbocycles. The van der Waals surface area contributed by atoms with Crippen LogP contribution in [0.4, 0.5) is 0 Å². The molecule has 7 nitrogen and oxygen atoms in total. The van der Waals surface area contributed by atoms with Crippen molar-refractivity contribution >= 4 is 27.7 Å². The third-order valence-corrected chi connectivity index (χ3v) is 4.80. The number of ether oxygens (including phenoxy) is 3. The van der Waals surface area contributed by atoms with Gasteiger partial charge in [0.05, 0.1) is 31.4 Å². The number of carbonyl (C=O) groups excluding carboxylic acids is 2. The molecule has 0 bridgehead atoms. The molecule has 1 aromatic rings. The lowest BCUT2D eigenvalue weighted by molar-refractivity contribution is -0.130. The van der Waals surface area contributed by atoms with Gasteiger partial charge in [-0.05, 0) is 22.0 Å². The van der Waals surface area contributed by atoms with Crippen molar-refractivity contribution in [3.05, 3.63) is 16.1 Å². The third kappa shape index (κ3) is 3.43. The fraction of sp³-hybridized carbons (Fsp3) is 0.500. The Hall–Kier alpha value is -1.96. The molecule has 0 saturated carbocycles. The first-order valence-electron chi connectivity index (χ1n) is 7.47. The van der Waals surface area contributed by atoms with E-state index in [9.17, 15) is 9.59 Å². The average Bonchev–Trinajstić information content (AvgIpc) is 2.60. The molecule has 0 spiro atoms. The van der Waals surface area contributed by atoms with Gasteiger partial charge in [0.15, 0.2) is 11.5 Å². The Morgan fingerprint density at radius 3 is 1.96 bits per heavy atom. The maximum atomic E-state index is 12.9. The first-order chi connectivity index (χ1) is 11.4. The second-order valence-electron chi connectivity index (χ2n) is 5.31. The summed E-state index contributed by atoms with van der Waals surface area (Å²) in [5, 5.41) is 0. The predicted octanol–water partition coefficient (Wildman–Crippen LogP) is 1.78. The Bertz CT molecular complexity index is 642. The number of piperazine rings is 1. The van der Waals surface area contributed by atoms with Crippen LogP contribution in [0.5, 0.6) is 17.2 Å². The van der Waals surface area contributed by atoms with Crippen LogP contribution >= 0.6 is 15.9 Å². The van der Waals surface area contributed by atoms with Crippen LogP contribution in [0, 0.1) is 0 Å². The van der Waals surface area contributed by atoms with E-state index in [2.05, 4.69) is 15.9 Å². The Morgan fingerprint density at radius 1 is 0.958 bits per heavy atom. The van der Waals surface area contributed by atoms with Crippen LogP contribution in [0.2, 0.25) is 0 Å². The number of amides is 2. The molecule has 8 heteroatoms. The summed E-state index contributed by atoms with van der Waals surface area (Å²) in [6, 6.07) is 1.63. The fourth-order valence-corrected chi connectivity index (χ4v) is 3.30. The molecule has 0 aromatic heterocycles. The lowest BCUT2D eigenvalue weighted by atomic mass is 10.1. The van der Waals surface area contributed by atoms with Crippen LogP contribution in [0.15, 0.2) is 10.5 Å². The molecule has 1 aliphatic rings. The quantitative estimate of drug-likeness (QED) is 0.770. The van der Waals surface area contributed by atoms with E-state index < -0.39 is 0 Å². The molecule has 0 unspecified atom stereocenters. The van der Waals surface area contributed by atoms with Crippen molar-refractivity contribution in [3.8, 4) is 17.2 Å². The number of benzene rings is 1. The predicted molar refractivity (Wildman–Crippen MR) is 92.0 cm³/mol. The molecular weight excluding hydrogens is 380 g/mol. The number of methoxy groups -OCH3 is 3. The van der Waals surface area contributed by atoms with Gasteiger partial charge in [-0.25, -0.2) is 0 Å². The van der Waals surface area contributed by atoms with Crippen molar-refractivity contribution in [2.75, 3.05) is 47.5 Å². The van der Waals surface area contributed by atoms with E-state index in [0.717, 1.165) is 0 Å². The SMILES string of the molecule is COc1cc(C(=O)N2CCN(C(C)=O)CC2)c(Br)c(OC)c1OC. The Morgan fingerprint density at radius 2 is 1.50 bits per heavy atom. The molecule has 24 heavy (non-hydrogen) atoms. The molecule has 0 aliphatic carbocycles. The summed E-state index contributed by atoms with van der Waals surface area (Å²) in [6.07, 6.45) is 0. The van der Waals surface area contributed by atoms with Crippen molar-refractivity contribution < 1.29 is 23.8 Å². The highest BCUT2D eigenvalue weighted by atomic mass is 79.9. The Balaban J connectivity index is 2.31. The van der Waals surface area contributed by atoms with Gasteiger partial charge in [-0.3, -0.25) is 9.59 Å². The van der Waals surface area contributed by atoms with Crippen LogP contribution in [0.3, 0.4) is 0 Å². The average molecular weight is 401 g/mol. The zero-order valence-corrected chi connectivity index (χ0v) is 15.8. The van der Waals surface area contributed by atoms with Gasteiger partial charge in [0.2, 0.25) is 11.7 Å². The van der Waals surface area contributed by atoms with Crippen LogP contribution in [-0.2, 0) is 4.79 Å². The van der Waals surface area contributed by atoms with E-state index in [4.69, 9.17) is 14.2 Å². The van der Waals surface area contributed by atoms with E-state index in [-0.39, 0.29) is 11.8 Å². The molecule has 0 atom stereocenters. The van der Waals surface area contributed by atoms with Crippen molar-refractivity contribution in [1.29, 1.82) is 0 Å². The largest absolute Gasteiger partial charge is 0.493 e. The highest BCUT2D eigenvalue weighted by Gasteiger charge is 2.28. The fourth-order valence-electron chi connectivity index (χ4n) is 2.67. The Labute approximate surface area is 149 Å². The van der Waals surface area contributed by atoms with Crippen molar-refractivity contribution in [3.63, 3.8) is 0 Å². The van der Waals surface area contributed by atoms with Crippen molar-refractivity contribution in [1.82, 2.24) is 9.80 Å². The molecule has 0 radical (unpaired) electrons. The minimum Gasteiger partial charge on any atom is -0.493 e. The van der Waals surface area contributed by atoms with Gasteiger partial charge in [-0.2, -0.15) is 0 Å². The van der Waals surface area contributed by atoms with Gasteiger partial charge in [0, 0.05) is 33.1 Å². The topological polar surface area (TPSA) is 68.3 Å². The molecule has 1 saturated heterocycles. The molecule has 2 amide bonds. The van der Waals surface area contributed by atoms with E-state index in [1.54, 1.807) is 15.9 Å². The molecule has 0 N–H and O–H groups in total. The van der Waals surface area contributed by atoms with Crippen LogP contribution in [-0.4, -0.2) is 69.1 Å². The zero-order chi connectivity index (χ0) is 17.9. The van der Waals surface area contributed by atoms with E-state index in [0.29, 0.717) is 53.5 Å². The molecule has 2 rings (SSSR count). The third-order valence-electron chi connectivity index (χ3n) is 4.01. The first kappa shape index (κ1) is 18.4. The lowest BCUT2D eigenvalue weighted by Gasteiger charge is -2.34. The van der Waals surface area contributed by atoms with Crippen LogP contribution in [0.1, 0.15) is 17.3 Å². The number of hydrogen-bond donors (Lipinski definition) is 0. The molecule has 1 heterocycles. The van der Waals surface area contributed by atoms with Gasteiger partial charge < -0.3 is 24.0 Å². The monoisotopic (exact) mass is 400 g/mol. The standard InChI is InChI=1S/C16H21BrN2O5/c1-10(20)18-5-7-19(8-6-18)16(21)11-9-12(22-2)14(23-3)15(24-4)13(11)17/h9H,5-8H2,1-4H3. The van der Waals surface area contributed by atoms with E-state index >= 15 is 0 Å². The van der Waals surface area contributed by atoms with E-state index in [1.807, 2.05) is 0 Å². The number of halogens is 1. The lowest BCUT2D eigenvalue weighted by Crippen LogP contribution is -2.50. The molecule has 1 fully saturated rings. The summed E-state index contributed by atoms with van der Waals surface area (Å²) >= 11 is 3.43. The number of rotatable bonds is 4. The minimum atomic E-state index is -0.149. The van der Waals surface area contributed by atoms with Crippen molar-refractivity contribution in [2.45, 2.75) is 6.92 Å². The Kier molecular flexibility index (Phi) is 5.93. The van der Waals surface area contributed by atoms with Crippen LogP contribution < -0.4 is 14.2 Å². The maximum Gasteiger partial charge on any atom is 0.255 e. The summed E-state index contributed by atoms with van der Waals surface area (Å²) in [6.45, 7) is 3.57. The number of nitrogens with zero attached hydrogens (tertiary/aromatic N) is 2. The smallest absolute Gasteiger partial charge is 0.255 e. The van der Waals surface area contributed by atoms with E-state index in [1.165, 1.54) is 28.3 Å². The summed E-state index contributed by atoms with van der Waals surface area (Å²) in [5.74, 6) is 1.12. The highest BCUT2D eigenvalue weighted by Crippen LogP contribution is 2.45. The molecule has 132 valence electrons. The number of hydrogen-bond acceptors (Lipinski definition) is 5. The van der Waals surface area contributed by atoms with Gasteiger partial charge in [-0.1, -0.05) is 0 Å². The van der Waals surface area contributed by atoms with Gasteiger partial charge in [-0.15, -0.1) is 0 Å². The molecule has 1 aliphatic heterocycles. The second kappa shape index (κ2) is 7.74. The zero-order valence-electron chi connectivity index (χ0n) is 14.2.